The first-order chi connectivity index (χ1) is 11.9. The SMILES string of the molecule is CC(C)(CN=C(N)NCCCN1CCOCC1)Sc1ccc(Br)cc1. The van der Waals surface area contributed by atoms with E-state index in [1.165, 1.54) is 4.90 Å². The highest BCUT2D eigenvalue weighted by Gasteiger charge is 2.19. The fourth-order valence-corrected chi connectivity index (χ4v) is 3.83. The molecule has 0 atom stereocenters. The standard InChI is InChI=1S/C18H29BrN4OS/c1-18(2,25-16-6-4-15(19)5-7-16)14-22-17(20)21-8-3-9-23-10-12-24-13-11-23/h4-7H,3,8-14H2,1-2H3,(H3,20,21,22). The first kappa shape index (κ1) is 20.6. The lowest BCUT2D eigenvalue weighted by molar-refractivity contribution is 0.0376. The molecular weight excluding hydrogens is 400 g/mol. The third-order valence-corrected chi connectivity index (χ3v) is 5.62. The van der Waals surface area contributed by atoms with Crippen LogP contribution < -0.4 is 11.1 Å². The third-order valence-electron chi connectivity index (χ3n) is 3.90. The molecule has 1 aromatic carbocycles. The van der Waals surface area contributed by atoms with E-state index in [1.807, 2.05) is 11.8 Å². The van der Waals surface area contributed by atoms with Crippen LogP contribution in [0.25, 0.3) is 0 Å². The molecule has 2 rings (SSSR count). The molecule has 1 heterocycles. The van der Waals surface area contributed by atoms with Gasteiger partial charge in [-0.1, -0.05) is 15.9 Å². The van der Waals surface area contributed by atoms with Crippen molar-refractivity contribution in [2.75, 3.05) is 45.9 Å². The van der Waals surface area contributed by atoms with E-state index >= 15 is 0 Å². The normalized spacial score (nSPS) is 16.8. The predicted molar refractivity (Wildman–Crippen MR) is 110 cm³/mol. The van der Waals surface area contributed by atoms with E-state index < -0.39 is 0 Å². The maximum absolute atomic E-state index is 6.00. The van der Waals surface area contributed by atoms with E-state index in [9.17, 15) is 0 Å². The first-order valence-corrected chi connectivity index (χ1v) is 10.3. The molecule has 3 N–H and O–H groups in total. The zero-order chi connectivity index (χ0) is 18.1. The quantitative estimate of drug-likeness (QED) is 0.288. The number of hydrogen-bond donors (Lipinski definition) is 2. The van der Waals surface area contributed by atoms with E-state index in [0.29, 0.717) is 12.5 Å². The summed E-state index contributed by atoms with van der Waals surface area (Å²) in [5, 5.41) is 3.22. The molecule has 0 spiro atoms. The average molecular weight is 429 g/mol. The monoisotopic (exact) mass is 428 g/mol. The zero-order valence-corrected chi connectivity index (χ0v) is 17.5. The Morgan fingerprint density at radius 1 is 1.32 bits per heavy atom. The molecule has 0 saturated carbocycles. The van der Waals surface area contributed by atoms with Crippen LogP contribution in [-0.4, -0.2) is 61.5 Å². The van der Waals surface area contributed by atoms with E-state index in [4.69, 9.17) is 10.5 Å². The summed E-state index contributed by atoms with van der Waals surface area (Å²) in [7, 11) is 0. The van der Waals surface area contributed by atoms with Gasteiger partial charge in [0.15, 0.2) is 5.96 Å². The van der Waals surface area contributed by atoms with Gasteiger partial charge in [-0.2, -0.15) is 0 Å². The summed E-state index contributed by atoms with van der Waals surface area (Å²) in [6, 6.07) is 8.36. The average Bonchev–Trinajstić information content (AvgIpc) is 2.60. The van der Waals surface area contributed by atoms with Crippen molar-refractivity contribution < 1.29 is 4.74 Å². The Morgan fingerprint density at radius 2 is 2.00 bits per heavy atom. The van der Waals surface area contributed by atoms with Crippen molar-refractivity contribution in [1.29, 1.82) is 0 Å². The van der Waals surface area contributed by atoms with Crippen molar-refractivity contribution in [2.24, 2.45) is 10.7 Å². The summed E-state index contributed by atoms with van der Waals surface area (Å²) in [5.41, 5.74) is 6.00. The lowest BCUT2D eigenvalue weighted by Crippen LogP contribution is -2.39. The summed E-state index contributed by atoms with van der Waals surface area (Å²) in [5.74, 6) is 0.534. The molecule has 0 aromatic heterocycles. The van der Waals surface area contributed by atoms with Crippen LogP contribution in [0, 0.1) is 0 Å². The van der Waals surface area contributed by atoms with E-state index in [-0.39, 0.29) is 4.75 Å². The summed E-state index contributed by atoms with van der Waals surface area (Å²) < 4.78 is 6.45. The van der Waals surface area contributed by atoms with Gasteiger partial charge < -0.3 is 15.8 Å². The summed E-state index contributed by atoms with van der Waals surface area (Å²) >= 11 is 5.28. The lowest BCUT2D eigenvalue weighted by Gasteiger charge is -2.26. The van der Waals surface area contributed by atoms with E-state index in [0.717, 1.165) is 50.3 Å². The number of rotatable bonds is 8. The van der Waals surface area contributed by atoms with Crippen molar-refractivity contribution in [3.8, 4) is 0 Å². The minimum Gasteiger partial charge on any atom is -0.379 e. The number of guanidine groups is 1. The molecule has 1 saturated heterocycles. The number of benzene rings is 1. The molecule has 7 heteroatoms. The Balaban J connectivity index is 1.66. The highest BCUT2D eigenvalue weighted by atomic mass is 79.9. The molecule has 0 bridgehead atoms. The van der Waals surface area contributed by atoms with Crippen molar-refractivity contribution in [1.82, 2.24) is 10.2 Å². The highest BCUT2D eigenvalue weighted by molar-refractivity contribution is 9.10. The van der Waals surface area contributed by atoms with Gasteiger partial charge in [-0.3, -0.25) is 9.89 Å². The Kier molecular flexibility index (Phi) is 8.55. The van der Waals surface area contributed by atoms with Gasteiger partial charge in [0.25, 0.3) is 0 Å². The number of aliphatic imine (C=N–C) groups is 1. The fraction of sp³-hybridized carbons (Fsp3) is 0.611. The Hall–Kier alpha value is -0.760. The van der Waals surface area contributed by atoms with Gasteiger partial charge in [-0.25, -0.2) is 0 Å². The summed E-state index contributed by atoms with van der Waals surface area (Å²) in [6.45, 7) is 10.8. The molecule has 1 fully saturated rings. The van der Waals surface area contributed by atoms with Gasteiger partial charge in [0, 0.05) is 33.7 Å². The Bertz CT molecular complexity index is 545. The number of nitrogens with zero attached hydrogens (tertiary/aromatic N) is 2. The van der Waals surface area contributed by atoms with Crippen LogP contribution >= 0.6 is 27.7 Å². The van der Waals surface area contributed by atoms with Gasteiger partial charge in [0.2, 0.25) is 0 Å². The predicted octanol–water partition coefficient (Wildman–Crippen LogP) is 2.95. The molecular formula is C18H29BrN4OS. The smallest absolute Gasteiger partial charge is 0.188 e. The minimum absolute atomic E-state index is 0.00602. The molecule has 0 unspecified atom stereocenters. The van der Waals surface area contributed by atoms with Gasteiger partial charge in [-0.15, -0.1) is 11.8 Å². The van der Waals surface area contributed by atoms with Crippen molar-refractivity contribution in [3.63, 3.8) is 0 Å². The van der Waals surface area contributed by atoms with Gasteiger partial charge in [0.1, 0.15) is 0 Å². The second kappa shape index (κ2) is 10.4. The Labute approximate surface area is 163 Å². The maximum atomic E-state index is 6.00. The number of halogens is 1. The molecule has 0 aliphatic carbocycles. The number of hydrogen-bond acceptors (Lipinski definition) is 4. The second-order valence-electron chi connectivity index (χ2n) is 6.75. The van der Waals surface area contributed by atoms with Gasteiger partial charge in [-0.05, 0) is 51.1 Å². The maximum Gasteiger partial charge on any atom is 0.188 e. The molecule has 5 nitrogen and oxygen atoms in total. The van der Waals surface area contributed by atoms with Crippen LogP contribution in [0.5, 0.6) is 0 Å². The molecule has 1 aromatic rings. The Morgan fingerprint density at radius 3 is 2.68 bits per heavy atom. The molecule has 0 radical (unpaired) electrons. The summed E-state index contributed by atoms with van der Waals surface area (Å²) in [6.07, 6.45) is 1.06. The van der Waals surface area contributed by atoms with Gasteiger partial charge >= 0.3 is 0 Å². The van der Waals surface area contributed by atoms with Crippen molar-refractivity contribution in [3.05, 3.63) is 28.7 Å². The van der Waals surface area contributed by atoms with Crippen LogP contribution in [0.1, 0.15) is 20.3 Å². The van der Waals surface area contributed by atoms with Crippen LogP contribution in [0.15, 0.2) is 38.6 Å². The molecule has 0 amide bonds. The number of thioether (sulfide) groups is 1. The first-order valence-electron chi connectivity index (χ1n) is 8.73. The largest absolute Gasteiger partial charge is 0.379 e. The van der Waals surface area contributed by atoms with E-state index in [2.05, 4.69) is 69.3 Å². The second-order valence-corrected chi connectivity index (χ2v) is 9.45. The fourth-order valence-electron chi connectivity index (χ4n) is 2.53. The van der Waals surface area contributed by atoms with Crippen molar-refractivity contribution >= 4 is 33.7 Å². The molecule has 140 valence electrons. The van der Waals surface area contributed by atoms with Crippen LogP contribution in [0.4, 0.5) is 0 Å². The number of nitrogens with two attached hydrogens (primary N) is 1. The topological polar surface area (TPSA) is 62.9 Å². The van der Waals surface area contributed by atoms with Crippen LogP contribution in [0.2, 0.25) is 0 Å². The van der Waals surface area contributed by atoms with Crippen LogP contribution in [0.3, 0.4) is 0 Å². The van der Waals surface area contributed by atoms with Crippen LogP contribution in [-0.2, 0) is 4.74 Å². The van der Waals surface area contributed by atoms with E-state index in [1.54, 1.807) is 0 Å². The van der Waals surface area contributed by atoms with Crippen molar-refractivity contribution in [2.45, 2.75) is 29.9 Å². The molecule has 1 aliphatic heterocycles. The number of morpholine rings is 1. The third kappa shape index (κ3) is 8.44. The molecule has 1 aliphatic rings. The lowest BCUT2D eigenvalue weighted by atomic mass is 10.2. The molecule has 25 heavy (non-hydrogen) atoms. The summed E-state index contributed by atoms with van der Waals surface area (Å²) in [4.78, 5) is 8.18. The number of nitrogens with one attached hydrogen (secondary N) is 1. The number of ether oxygens (including phenoxy) is 1. The zero-order valence-electron chi connectivity index (χ0n) is 15.1. The highest BCUT2D eigenvalue weighted by Crippen LogP contribution is 2.33. The minimum atomic E-state index is -0.00602. The van der Waals surface area contributed by atoms with Gasteiger partial charge in [0.05, 0.1) is 19.8 Å².